The van der Waals surface area contributed by atoms with Crippen LogP contribution >= 0.6 is 0 Å². The third-order valence-electron chi connectivity index (χ3n) is 3.60. The Morgan fingerprint density at radius 1 is 1.45 bits per heavy atom. The summed E-state index contributed by atoms with van der Waals surface area (Å²) < 4.78 is 5.45. The summed E-state index contributed by atoms with van der Waals surface area (Å²) in [5.74, 6) is -0.0152. The molecule has 0 spiro atoms. The lowest BCUT2D eigenvalue weighted by molar-refractivity contribution is -0.0667. The van der Waals surface area contributed by atoms with E-state index in [1.165, 1.54) is 0 Å². The second kappa shape index (κ2) is 6.83. The predicted octanol–water partition coefficient (Wildman–Crippen LogP) is 0.410. The summed E-state index contributed by atoms with van der Waals surface area (Å²) in [6, 6.07) is 7.57. The molecule has 2 rings (SSSR count). The zero-order chi connectivity index (χ0) is 14.5. The first-order chi connectivity index (χ1) is 9.65. The summed E-state index contributed by atoms with van der Waals surface area (Å²) in [6.45, 7) is 3.38. The summed E-state index contributed by atoms with van der Waals surface area (Å²) in [5, 5.41) is 9.17. The molecule has 0 bridgehead atoms. The maximum absolute atomic E-state index is 12.5. The van der Waals surface area contributed by atoms with Crippen molar-refractivity contribution in [3.63, 3.8) is 0 Å². The molecule has 1 aliphatic heterocycles. The fourth-order valence-electron chi connectivity index (χ4n) is 2.36. The van der Waals surface area contributed by atoms with Crippen molar-refractivity contribution in [2.45, 2.75) is 25.5 Å². The Balaban J connectivity index is 2.08. The van der Waals surface area contributed by atoms with Crippen LogP contribution in [0.5, 0.6) is 0 Å². The SMILES string of the molecule is CC1COC(CO)CN1C(=O)c1ccc(CCN)cc1. The van der Waals surface area contributed by atoms with Gasteiger partial charge in [-0.05, 0) is 37.6 Å². The highest BCUT2D eigenvalue weighted by Gasteiger charge is 2.29. The van der Waals surface area contributed by atoms with Crippen LogP contribution in [0.1, 0.15) is 22.8 Å². The zero-order valence-electron chi connectivity index (χ0n) is 11.8. The van der Waals surface area contributed by atoms with E-state index in [4.69, 9.17) is 15.6 Å². The second-order valence-electron chi connectivity index (χ2n) is 5.18. The molecular formula is C15H22N2O3. The lowest BCUT2D eigenvalue weighted by atomic mass is 10.1. The molecule has 1 heterocycles. The highest BCUT2D eigenvalue weighted by Crippen LogP contribution is 2.16. The molecule has 2 atom stereocenters. The molecule has 110 valence electrons. The second-order valence-corrected chi connectivity index (χ2v) is 5.18. The Bertz CT molecular complexity index is 447. The van der Waals surface area contributed by atoms with Crippen molar-refractivity contribution in [3.8, 4) is 0 Å². The lowest BCUT2D eigenvalue weighted by Crippen LogP contribution is -2.52. The summed E-state index contributed by atoms with van der Waals surface area (Å²) >= 11 is 0. The standard InChI is InChI=1S/C15H22N2O3/c1-11-10-20-14(9-18)8-17(11)15(19)13-4-2-12(3-5-13)6-7-16/h2-5,11,14,18H,6-10,16H2,1H3. The molecule has 1 fully saturated rings. The Labute approximate surface area is 119 Å². The maximum Gasteiger partial charge on any atom is 0.254 e. The minimum absolute atomic E-state index is 0.0152. The normalized spacial score (nSPS) is 22.9. The molecule has 2 unspecified atom stereocenters. The van der Waals surface area contributed by atoms with Gasteiger partial charge in [-0.2, -0.15) is 0 Å². The number of rotatable bonds is 4. The molecule has 1 amide bonds. The van der Waals surface area contributed by atoms with Gasteiger partial charge in [0.05, 0.1) is 25.4 Å². The molecule has 3 N–H and O–H groups in total. The molecule has 0 saturated carbocycles. The van der Waals surface area contributed by atoms with E-state index in [1.807, 2.05) is 31.2 Å². The van der Waals surface area contributed by atoms with Crippen LogP contribution in [0.2, 0.25) is 0 Å². The van der Waals surface area contributed by atoms with Gasteiger partial charge in [-0.3, -0.25) is 4.79 Å². The van der Waals surface area contributed by atoms with Crippen molar-refractivity contribution < 1.29 is 14.6 Å². The van der Waals surface area contributed by atoms with Crippen molar-refractivity contribution in [3.05, 3.63) is 35.4 Å². The Kier molecular flexibility index (Phi) is 5.11. The van der Waals surface area contributed by atoms with E-state index < -0.39 is 0 Å². The molecule has 0 aliphatic carbocycles. The van der Waals surface area contributed by atoms with Crippen molar-refractivity contribution in [2.24, 2.45) is 5.73 Å². The van der Waals surface area contributed by atoms with Crippen molar-refractivity contribution in [2.75, 3.05) is 26.3 Å². The van der Waals surface area contributed by atoms with E-state index >= 15 is 0 Å². The van der Waals surface area contributed by atoms with Crippen LogP contribution in [0.3, 0.4) is 0 Å². The molecule has 5 nitrogen and oxygen atoms in total. The first-order valence-corrected chi connectivity index (χ1v) is 6.98. The van der Waals surface area contributed by atoms with Gasteiger partial charge in [-0.15, -0.1) is 0 Å². The molecule has 1 saturated heterocycles. The average Bonchev–Trinajstić information content (AvgIpc) is 2.48. The fourth-order valence-corrected chi connectivity index (χ4v) is 2.36. The number of benzene rings is 1. The molecule has 1 aliphatic rings. The van der Waals surface area contributed by atoms with Crippen molar-refractivity contribution in [1.29, 1.82) is 0 Å². The maximum atomic E-state index is 12.5. The van der Waals surface area contributed by atoms with E-state index in [0.29, 0.717) is 25.3 Å². The van der Waals surface area contributed by atoms with Crippen LogP contribution in [0, 0.1) is 0 Å². The van der Waals surface area contributed by atoms with Gasteiger partial charge in [-0.1, -0.05) is 12.1 Å². The Hall–Kier alpha value is -1.43. The molecule has 20 heavy (non-hydrogen) atoms. The van der Waals surface area contributed by atoms with Gasteiger partial charge < -0.3 is 20.5 Å². The number of hydrogen-bond acceptors (Lipinski definition) is 4. The van der Waals surface area contributed by atoms with Crippen LogP contribution in [-0.4, -0.2) is 54.4 Å². The number of carbonyl (C=O) groups is 1. The fraction of sp³-hybridized carbons (Fsp3) is 0.533. The van der Waals surface area contributed by atoms with Crippen LogP contribution < -0.4 is 5.73 Å². The topological polar surface area (TPSA) is 75.8 Å². The Morgan fingerprint density at radius 3 is 2.75 bits per heavy atom. The number of aliphatic hydroxyl groups is 1. The van der Waals surface area contributed by atoms with Crippen LogP contribution in [0.15, 0.2) is 24.3 Å². The average molecular weight is 278 g/mol. The number of nitrogens with two attached hydrogens (primary N) is 1. The van der Waals surface area contributed by atoms with Gasteiger partial charge in [0.15, 0.2) is 0 Å². The molecule has 5 heteroatoms. The van der Waals surface area contributed by atoms with Crippen molar-refractivity contribution in [1.82, 2.24) is 4.90 Å². The smallest absolute Gasteiger partial charge is 0.254 e. The molecular weight excluding hydrogens is 256 g/mol. The van der Waals surface area contributed by atoms with E-state index in [2.05, 4.69) is 0 Å². The number of ether oxygens (including phenoxy) is 1. The largest absolute Gasteiger partial charge is 0.394 e. The molecule has 1 aromatic carbocycles. The van der Waals surface area contributed by atoms with Crippen molar-refractivity contribution >= 4 is 5.91 Å². The number of amides is 1. The van der Waals surface area contributed by atoms with E-state index in [1.54, 1.807) is 4.90 Å². The van der Waals surface area contributed by atoms with Crippen LogP contribution in [0.4, 0.5) is 0 Å². The highest BCUT2D eigenvalue weighted by molar-refractivity contribution is 5.94. The minimum Gasteiger partial charge on any atom is -0.394 e. The molecule has 0 radical (unpaired) electrons. The zero-order valence-corrected chi connectivity index (χ0v) is 11.8. The van der Waals surface area contributed by atoms with E-state index in [9.17, 15) is 4.79 Å². The molecule has 1 aromatic rings. The summed E-state index contributed by atoms with van der Waals surface area (Å²) in [7, 11) is 0. The van der Waals surface area contributed by atoms with Gasteiger partial charge in [0, 0.05) is 12.1 Å². The third kappa shape index (κ3) is 3.36. The van der Waals surface area contributed by atoms with Gasteiger partial charge in [0.1, 0.15) is 0 Å². The van der Waals surface area contributed by atoms with Gasteiger partial charge >= 0.3 is 0 Å². The summed E-state index contributed by atoms with van der Waals surface area (Å²) in [4.78, 5) is 14.3. The quantitative estimate of drug-likeness (QED) is 0.836. The number of aliphatic hydroxyl groups excluding tert-OH is 1. The number of carbonyl (C=O) groups excluding carboxylic acids is 1. The monoisotopic (exact) mass is 278 g/mol. The Morgan fingerprint density at radius 2 is 2.15 bits per heavy atom. The minimum atomic E-state index is -0.285. The van der Waals surface area contributed by atoms with Crippen LogP contribution in [0.25, 0.3) is 0 Å². The number of hydrogen-bond donors (Lipinski definition) is 2. The van der Waals surface area contributed by atoms with Gasteiger partial charge in [0.25, 0.3) is 5.91 Å². The highest BCUT2D eigenvalue weighted by atomic mass is 16.5. The summed E-state index contributed by atoms with van der Waals surface area (Å²) in [6.07, 6.45) is 0.529. The third-order valence-corrected chi connectivity index (χ3v) is 3.60. The van der Waals surface area contributed by atoms with E-state index in [0.717, 1.165) is 12.0 Å². The van der Waals surface area contributed by atoms with E-state index in [-0.39, 0.29) is 24.7 Å². The molecule has 0 aromatic heterocycles. The van der Waals surface area contributed by atoms with Crippen LogP contribution in [-0.2, 0) is 11.2 Å². The number of morpholine rings is 1. The summed E-state index contributed by atoms with van der Waals surface area (Å²) in [5.41, 5.74) is 7.31. The first kappa shape index (κ1) is 15.0. The number of nitrogens with zero attached hydrogens (tertiary/aromatic N) is 1. The lowest BCUT2D eigenvalue weighted by Gasteiger charge is -2.37. The van der Waals surface area contributed by atoms with Gasteiger partial charge in [0.2, 0.25) is 0 Å². The van der Waals surface area contributed by atoms with Gasteiger partial charge in [-0.25, -0.2) is 0 Å². The first-order valence-electron chi connectivity index (χ1n) is 6.98. The predicted molar refractivity (Wildman–Crippen MR) is 76.5 cm³/mol.